The SMILES string of the molecule is C1CCOC1.CC(C)(C)c1ccc2c(c1)c1cc(C(C)(C)C)ccc1n2-c1c(-n2c3ccccc3c3ccccc32)c(C#N)c(-n2c3ccccc3c3ccccc32)c(-n2c3ccccc3c3ccccc32)c1-n1c2ccccc2c2ccccc21.N#Cc1c(-n2c3ccccc3c3ccccc32)c(F)c(-n2c3ccccc3c3ccccc32)c(-n2c3ccccc3c3ccccc32)c1-n1c2ccccc2c2ccccc21. The Morgan fingerprint density at radius 3 is 0.517 bits per heavy atom. The Bertz CT molecular complexity index is 10200. The van der Waals surface area contributed by atoms with Crippen molar-refractivity contribution >= 4 is 196 Å². The highest BCUT2D eigenvalue weighted by atomic mass is 19.1. The van der Waals surface area contributed by atoms with Gasteiger partial charge in [-0.1, -0.05) is 345 Å². The van der Waals surface area contributed by atoms with Crippen LogP contribution in [0.2, 0.25) is 0 Å². The third kappa shape index (κ3) is 12.8. The van der Waals surface area contributed by atoms with Gasteiger partial charge in [-0.05, 0) is 156 Å². The van der Waals surface area contributed by atoms with Gasteiger partial charge in [-0.15, -0.1) is 0 Å². The monoisotopic (exact) mass is 1890 g/mol. The molecule has 700 valence electrons. The third-order valence-corrected chi connectivity index (χ3v) is 30.9. The maximum Gasteiger partial charge on any atom is 0.174 e. The van der Waals surface area contributed by atoms with E-state index in [4.69, 9.17) is 4.74 Å². The molecule has 1 fully saturated rings. The van der Waals surface area contributed by atoms with E-state index in [1.807, 2.05) is 102 Å². The van der Waals surface area contributed by atoms with Crippen LogP contribution in [0.1, 0.15) is 76.6 Å². The number of fused-ring (bicyclic) bond motifs is 27. The Kier molecular flexibility index (Phi) is 19.6. The summed E-state index contributed by atoms with van der Waals surface area (Å²) in [5.41, 5.74) is 26.2. The van der Waals surface area contributed by atoms with E-state index in [0.717, 1.165) is 238 Å². The van der Waals surface area contributed by atoms with Gasteiger partial charge in [-0.25, -0.2) is 4.39 Å². The molecule has 0 spiro atoms. The van der Waals surface area contributed by atoms with Gasteiger partial charge in [0.2, 0.25) is 0 Å². The van der Waals surface area contributed by atoms with Gasteiger partial charge in [0.25, 0.3) is 0 Å². The molecule has 0 saturated carbocycles. The Morgan fingerprint density at radius 2 is 0.340 bits per heavy atom. The first-order valence-corrected chi connectivity index (χ1v) is 50.7. The zero-order valence-electron chi connectivity index (χ0n) is 81.9. The number of hydrogen-bond donors (Lipinski definition) is 0. The predicted octanol–water partition coefficient (Wildman–Crippen LogP) is 34.5. The summed E-state index contributed by atoms with van der Waals surface area (Å²) in [5, 5.41) is 44.5. The average molecular weight is 1900 g/mol. The largest absolute Gasteiger partial charge is 0.381 e. The summed E-state index contributed by atoms with van der Waals surface area (Å²) in [5.74, 6) is -0.504. The third-order valence-electron chi connectivity index (χ3n) is 30.9. The van der Waals surface area contributed by atoms with Crippen LogP contribution in [0, 0.1) is 28.5 Å². The van der Waals surface area contributed by atoms with E-state index in [-0.39, 0.29) is 22.1 Å². The summed E-state index contributed by atoms with van der Waals surface area (Å²) in [6.07, 6.45) is 2.56. The Labute approximate surface area is 845 Å². The number of nitriles is 2. The molecule has 12 nitrogen and oxygen atoms in total. The molecular formula is C134H96FN11O. The number of benzene rings is 20. The standard InChI is InChI=1S/C75H56N6.C55H32FN5.C4H8O/c1-74(2,3)46-39-41-67-56(43-46)57-44-47(75(4,5)6)40-42-68(57)81(67)72-70(78-61-33-17-9-25-50(61)51-26-10-18-34-62(51)78)58(45-76)69(77-59-31-15-7-23-48(59)49-24-8-16-32-60(49)77)71(79-63-35-19-11-27-52(63)53-28-12-20-36-64(53)79)73(72)80-65-37-21-13-29-54(65)55-30-14-22-38-66(55)80;56-51-52(58-43-25-9-1-17-34(43)35-18-2-10-26-44(35)58)42(33-57)53(59-45-27-11-3-19-36(45)37-20-4-12-28-46(37)59)55(61-49-31-15-7-23-40(49)41-24-8-16-32-50(41)61)54(51)60-47-29-13-5-21-38(47)39-22-6-14-30-48(39)60;1-2-4-5-3-1/h7-44H,1-6H3;1-32H;1-4H2. The fraction of sp³-hybridized carbons (Fsp3) is 0.0896. The number of hydrogen-bond acceptors (Lipinski definition) is 3. The van der Waals surface area contributed by atoms with Gasteiger partial charge in [0.15, 0.2) is 5.82 Å². The van der Waals surface area contributed by atoms with Gasteiger partial charge in [0.05, 0.1) is 139 Å². The summed E-state index contributed by atoms with van der Waals surface area (Å²) in [6.45, 7) is 15.8. The van der Waals surface area contributed by atoms with Crippen LogP contribution in [0.5, 0.6) is 0 Å². The van der Waals surface area contributed by atoms with Crippen molar-refractivity contribution in [1.29, 1.82) is 10.5 Å². The van der Waals surface area contributed by atoms with E-state index in [1.54, 1.807) is 0 Å². The summed E-state index contributed by atoms with van der Waals surface area (Å²) < 4.78 is 45.5. The molecule has 1 saturated heterocycles. The second kappa shape index (κ2) is 33.3. The second-order valence-corrected chi connectivity index (χ2v) is 41.0. The molecule has 0 unspecified atom stereocenters. The van der Waals surface area contributed by atoms with Crippen LogP contribution in [0.3, 0.4) is 0 Å². The lowest BCUT2D eigenvalue weighted by atomic mass is 9.85. The number of rotatable bonds is 9. The summed E-state index contributed by atoms with van der Waals surface area (Å²) in [7, 11) is 0. The number of nitrogens with zero attached hydrogens (tertiary/aromatic N) is 11. The highest BCUT2D eigenvalue weighted by molar-refractivity contribution is 6.21. The highest BCUT2D eigenvalue weighted by Crippen LogP contribution is 2.55. The van der Waals surface area contributed by atoms with Crippen LogP contribution in [0.15, 0.2) is 425 Å². The molecular weight excluding hydrogens is 1800 g/mol. The number of halogens is 1. The lowest BCUT2D eigenvalue weighted by molar-refractivity contribution is 0.198. The normalized spacial score (nSPS) is 12.7. The van der Waals surface area contributed by atoms with Crippen molar-refractivity contribution in [2.24, 2.45) is 0 Å². The van der Waals surface area contributed by atoms with Crippen molar-refractivity contribution < 1.29 is 9.13 Å². The molecule has 0 N–H and O–H groups in total. The molecule has 30 rings (SSSR count). The molecule has 1 aliphatic rings. The van der Waals surface area contributed by atoms with Crippen molar-refractivity contribution in [1.82, 2.24) is 41.1 Å². The minimum Gasteiger partial charge on any atom is -0.381 e. The Balaban J connectivity index is 0.000000140. The maximum atomic E-state index is 19.6. The molecule has 0 aliphatic carbocycles. The van der Waals surface area contributed by atoms with Gasteiger partial charge >= 0.3 is 0 Å². The smallest absolute Gasteiger partial charge is 0.174 e. The Hall–Kier alpha value is -18.5. The molecule has 9 aromatic heterocycles. The van der Waals surface area contributed by atoms with Crippen molar-refractivity contribution in [2.75, 3.05) is 13.2 Å². The molecule has 29 aromatic rings. The van der Waals surface area contributed by atoms with Crippen LogP contribution < -0.4 is 0 Å². The van der Waals surface area contributed by atoms with Crippen LogP contribution in [0.25, 0.3) is 247 Å². The lowest BCUT2D eigenvalue weighted by Crippen LogP contribution is -2.19. The van der Waals surface area contributed by atoms with E-state index < -0.39 is 5.82 Å². The molecule has 1 aliphatic heterocycles. The molecule has 13 heteroatoms. The van der Waals surface area contributed by atoms with Crippen molar-refractivity contribution in [3.63, 3.8) is 0 Å². The number of aromatic nitrogens is 9. The molecule has 20 aromatic carbocycles. The summed E-state index contributed by atoms with van der Waals surface area (Å²) in [6, 6.07) is 156. The molecule has 0 amide bonds. The number of para-hydroxylation sites is 16. The van der Waals surface area contributed by atoms with Crippen molar-refractivity contribution in [3.8, 4) is 63.3 Å². The second-order valence-electron chi connectivity index (χ2n) is 41.0. The van der Waals surface area contributed by atoms with Gasteiger partial charge in [0, 0.05) is 110 Å². The molecule has 10 heterocycles. The van der Waals surface area contributed by atoms with E-state index in [1.165, 1.54) is 24.0 Å². The maximum absolute atomic E-state index is 19.6. The molecule has 0 bridgehead atoms. The summed E-state index contributed by atoms with van der Waals surface area (Å²) >= 11 is 0. The first kappa shape index (κ1) is 86.4. The molecule has 0 radical (unpaired) electrons. The fourth-order valence-electron chi connectivity index (χ4n) is 24.5. The van der Waals surface area contributed by atoms with E-state index in [9.17, 15) is 10.5 Å². The predicted molar refractivity (Wildman–Crippen MR) is 609 cm³/mol. The van der Waals surface area contributed by atoms with Gasteiger partial charge in [-0.2, -0.15) is 10.5 Å². The van der Waals surface area contributed by atoms with Gasteiger partial charge < -0.3 is 45.8 Å². The summed E-state index contributed by atoms with van der Waals surface area (Å²) in [4.78, 5) is 0. The van der Waals surface area contributed by atoms with Gasteiger partial charge in [-0.3, -0.25) is 0 Å². The zero-order valence-corrected chi connectivity index (χ0v) is 81.9. The van der Waals surface area contributed by atoms with E-state index >= 15 is 4.39 Å². The van der Waals surface area contributed by atoms with Crippen LogP contribution >= 0.6 is 0 Å². The first-order chi connectivity index (χ1) is 72.2. The molecule has 147 heavy (non-hydrogen) atoms. The fourth-order valence-corrected chi connectivity index (χ4v) is 24.5. The van der Waals surface area contributed by atoms with Crippen LogP contribution in [0.4, 0.5) is 4.39 Å². The zero-order chi connectivity index (χ0) is 98.5. The van der Waals surface area contributed by atoms with Gasteiger partial charge in [0.1, 0.15) is 34.6 Å². The lowest BCUT2D eigenvalue weighted by Gasteiger charge is -2.30. The van der Waals surface area contributed by atoms with Crippen molar-refractivity contribution in [3.05, 3.63) is 453 Å². The average Bonchev–Trinajstić information content (AvgIpc) is 1.53. The Morgan fingerprint density at radius 1 is 0.190 bits per heavy atom. The van der Waals surface area contributed by atoms with E-state index in [2.05, 4.69) is 418 Å². The minimum absolute atomic E-state index is 0.131. The van der Waals surface area contributed by atoms with E-state index in [0.29, 0.717) is 22.6 Å². The van der Waals surface area contributed by atoms with Crippen LogP contribution in [-0.2, 0) is 15.6 Å². The first-order valence-electron chi connectivity index (χ1n) is 50.7. The quantitative estimate of drug-likeness (QED) is 0.144. The molecule has 0 atom stereocenters. The van der Waals surface area contributed by atoms with Crippen molar-refractivity contribution in [2.45, 2.75) is 65.2 Å². The topological polar surface area (TPSA) is 101 Å². The number of ether oxygens (including phenoxy) is 1. The minimum atomic E-state index is -0.504. The highest BCUT2D eigenvalue weighted by Gasteiger charge is 2.40. The van der Waals surface area contributed by atoms with Crippen LogP contribution in [-0.4, -0.2) is 54.3 Å².